The molecule has 0 heterocycles. The Morgan fingerprint density at radius 2 is 0.818 bits per heavy atom. The average Bonchev–Trinajstić information content (AvgIpc) is 1.88. The fourth-order valence-corrected chi connectivity index (χ4v) is 0.385. The van der Waals surface area contributed by atoms with Crippen molar-refractivity contribution in [3.8, 4) is 0 Å². The standard InChI is InChI=1S/C6H6.C2H3F3/c1-2-4-6-5-3-1;1-2(3,4)5/h1-6H;1H3. The molecular formula is C8H9F3. The summed E-state index contributed by atoms with van der Waals surface area (Å²) in [6.07, 6.45) is -4.00. The zero-order valence-electron chi connectivity index (χ0n) is 6.10. The summed E-state index contributed by atoms with van der Waals surface area (Å²) < 4.78 is 31.1. The molecule has 0 saturated carbocycles. The van der Waals surface area contributed by atoms with Gasteiger partial charge in [0.25, 0.3) is 0 Å². The Kier molecular flexibility index (Phi) is 4.34. The predicted molar refractivity (Wildman–Crippen MR) is 38.2 cm³/mol. The highest BCUT2D eigenvalue weighted by molar-refractivity contribution is 4.99. The molecule has 0 aliphatic rings. The highest BCUT2D eigenvalue weighted by Gasteiger charge is 2.15. The van der Waals surface area contributed by atoms with Gasteiger partial charge >= 0.3 is 6.18 Å². The number of alkyl halides is 3. The van der Waals surface area contributed by atoms with Crippen LogP contribution in [0.15, 0.2) is 36.4 Å². The summed E-state index contributed by atoms with van der Waals surface area (Å²) in [6.45, 7) is 0.188. The van der Waals surface area contributed by atoms with E-state index in [4.69, 9.17) is 0 Å². The van der Waals surface area contributed by atoms with E-state index in [9.17, 15) is 13.2 Å². The van der Waals surface area contributed by atoms with E-state index in [-0.39, 0.29) is 6.92 Å². The van der Waals surface area contributed by atoms with Crippen LogP contribution in [0.2, 0.25) is 0 Å². The van der Waals surface area contributed by atoms with Crippen LogP contribution in [0.25, 0.3) is 0 Å². The highest BCUT2D eigenvalue weighted by atomic mass is 19.4. The summed E-state index contributed by atoms with van der Waals surface area (Å²) >= 11 is 0. The van der Waals surface area contributed by atoms with E-state index in [1.54, 1.807) is 0 Å². The van der Waals surface area contributed by atoms with E-state index < -0.39 is 6.18 Å². The summed E-state index contributed by atoms with van der Waals surface area (Å²) in [5, 5.41) is 0. The molecule has 0 amide bonds. The van der Waals surface area contributed by atoms with E-state index in [1.165, 1.54) is 0 Å². The fourth-order valence-electron chi connectivity index (χ4n) is 0.385. The lowest BCUT2D eigenvalue weighted by Crippen LogP contribution is -1.95. The van der Waals surface area contributed by atoms with Gasteiger partial charge in [0.15, 0.2) is 0 Å². The van der Waals surface area contributed by atoms with E-state index in [1.807, 2.05) is 36.4 Å². The topological polar surface area (TPSA) is 0 Å². The number of hydrogen-bond acceptors (Lipinski definition) is 0. The zero-order chi connectivity index (χ0) is 8.74. The molecule has 0 aliphatic carbocycles. The van der Waals surface area contributed by atoms with Gasteiger partial charge in [-0.1, -0.05) is 36.4 Å². The van der Waals surface area contributed by atoms with Gasteiger partial charge in [-0.3, -0.25) is 0 Å². The van der Waals surface area contributed by atoms with Gasteiger partial charge in [0.2, 0.25) is 0 Å². The van der Waals surface area contributed by atoms with Gasteiger partial charge in [-0.15, -0.1) is 0 Å². The van der Waals surface area contributed by atoms with E-state index >= 15 is 0 Å². The van der Waals surface area contributed by atoms with Gasteiger partial charge in [0.05, 0.1) is 0 Å². The second kappa shape index (κ2) is 4.77. The Hall–Kier alpha value is -0.990. The van der Waals surface area contributed by atoms with Crippen molar-refractivity contribution < 1.29 is 13.2 Å². The maximum Gasteiger partial charge on any atom is 0.386 e. The molecular weight excluding hydrogens is 153 g/mol. The third-order valence-corrected chi connectivity index (χ3v) is 0.667. The van der Waals surface area contributed by atoms with Crippen molar-refractivity contribution >= 4 is 0 Å². The molecule has 62 valence electrons. The summed E-state index contributed by atoms with van der Waals surface area (Å²) in [7, 11) is 0. The van der Waals surface area contributed by atoms with Crippen molar-refractivity contribution in [2.24, 2.45) is 0 Å². The summed E-state index contributed by atoms with van der Waals surface area (Å²) in [5.41, 5.74) is 0. The second-order valence-electron chi connectivity index (χ2n) is 1.94. The predicted octanol–water partition coefficient (Wildman–Crippen LogP) is 3.26. The average molecular weight is 162 g/mol. The second-order valence-corrected chi connectivity index (χ2v) is 1.94. The Bertz CT molecular complexity index is 134. The van der Waals surface area contributed by atoms with Crippen LogP contribution in [-0.4, -0.2) is 6.18 Å². The first-order valence-electron chi connectivity index (χ1n) is 3.07. The van der Waals surface area contributed by atoms with Crippen LogP contribution < -0.4 is 0 Å². The molecule has 3 heteroatoms. The van der Waals surface area contributed by atoms with Crippen LogP contribution in [0.4, 0.5) is 13.2 Å². The maximum absolute atomic E-state index is 10.4. The molecule has 0 radical (unpaired) electrons. The molecule has 0 saturated heterocycles. The molecule has 0 nitrogen and oxygen atoms in total. The highest BCUT2D eigenvalue weighted by Crippen LogP contribution is 2.10. The molecule has 0 N–H and O–H groups in total. The van der Waals surface area contributed by atoms with Crippen molar-refractivity contribution in [3.63, 3.8) is 0 Å². The third-order valence-electron chi connectivity index (χ3n) is 0.667. The molecule has 1 aromatic carbocycles. The molecule has 1 rings (SSSR count). The summed E-state index contributed by atoms with van der Waals surface area (Å²) in [6, 6.07) is 12.0. The Balaban J connectivity index is 0.000000187. The summed E-state index contributed by atoms with van der Waals surface area (Å²) in [5.74, 6) is 0. The number of hydrogen-bond donors (Lipinski definition) is 0. The van der Waals surface area contributed by atoms with Gasteiger partial charge < -0.3 is 0 Å². The van der Waals surface area contributed by atoms with Crippen molar-refractivity contribution in [2.45, 2.75) is 13.1 Å². The van der Waals surface area contributed by atoms with Crippen LogP contribution in [0, 0.1) is 0 Å². The Morgan fingerprint density at radius 3 is 0.909 bits per heavy atom. The lowest BCUT2D eigenvalue weighted by Gasteiger charge is -1.88. The lowest BCUT2D eigenvalue weighted by molar-refractivity contribution is -0.110. The van der Waals surface area contributed by atoms with Crippen LogP contribution in [0.1, 0.15) is 6.92 Å². The molecule has 0 aliphatic heterocycles. The minimum Gasteiger partial charge on any atom is -0.172 e. The molecule has 11 heavy (non-hydrogen) atoms. The molecule has 0 aromatic heterocycles. The van der Waals surface area contributed by atoms with Crippen LogP contribution in [0.5, 0.6) is 0 Å². The number of benzene rings is 1. The monoisotopic (exact) mass is 162 g/mol. The summed E-state index contributed by atoms with van der Waals surface area (Å²) in [4.78, 5) is 0. The van der Waals surface area contributed by atoms with Crippen LogP contribution >= 0.6 is 0 Å². The zero-order valence-corrected chi connectivity index (χ0v) is 6.10. The van der Waals surface area contributed by atoms with Crippen LogP contribution in [-0.2, 0) is 0 Å². The first-order chi connectivity index (χ1) is 5.00. The van der Waals surface area contributed by atoms with E-state index in [0.29, 0.717) is 0 Å². The molecule has 0 unspecified atom stereocenters. The molecule has 0 fully saturated rings. The van der Waals surface area contributed by atoms with Crippen molar-refractivity contribution in [1.29, 1.82) is 0 Å². The van der Waals surface area contributed by atoms with E-state index in [2.05, 4.69) is 0 Å². The van der Waals surface area contributed by atoms with E-state index in [0.717, 1.165) is 0 Å². The first-order valence-corrected chi connectivity index (χ1v) is 3.07. The Morgan fingerprint density at radius 1 is 0.727 bits per heavy atom. The normalized spacial score (nSPS) is 9.82. The minimum atomic E-state index is -4.00. The molecule has 0 bridgehead atoms. The molecule has 0 atom stereocenters. The molecule has 1 aromatic rings. The van der Waals surface area contributed by atoms with Crippen molar-refractivity contribution in [1.82, 2.24) is 0 Å². The van der Waals surface area contributed by atoms with Crippen molar-refractivity contribution in [3.05, 3.63) is 36.4 Å². The smallest absolute Gasteiger partial charge is 0.172 e. The van der Waals surface area contributed by atoms with Gasteiger partial charge in [-0.25, -0.2) is 0 Å². The van der Waals surface area contributed by atoms with Gasteiger partial charge in [0.1, 0.15) is 0 Å². The van der Waals surface area contributed by atoms with Gasteiger partial charge in [0, 0.05) is 6.92 Å². The Labute approximate surface area is 63.7 Å². The van der Waals surface area contributed by atoms with Crippen molar-refractivity contribution in [2.75, 3.05) is 0 Å². The van der Waals surface area contributed by atoms with Crippen LogP contribution in [0.3, 0.4) is 0 Å². The van der Waals surface area contributed by atoms with Gasteiger partial charge in [-0.2, -0.15) is 13.2 Å². The largest absolute Gasteiger partial charge is 0.386 e. The quantitative estimate of drug-likeness (QED) is 0.549. The SMILES string of the molecule is CC(F)(F)F.c1ccccc1. The lowest BCUT2D eigenvalue weighted by atomic mass is 10.4. The number of rotatable bonds is 0. The number of halogens is 3. The molecule has 0 spiro atoms. The third kappa shape index (κ3) is 17.6. The van der Waals surface area contributed by atoms with Gasteiger partial charge in [-0.05, 0) is 0 Å². The maximum atomic E-state index is 10.4. The minimum absolute atomic E-state index is 0.188. The first kappa shape index (κ1) is 10.0. The fraction of sp³-hybridized carbons (Fsp3) is 0.250.